The van der Waals surface area contributed by atoms with E-state index < -0.39 is 16.9 Å². The molecule has 0 amide bonds. The molecule has 2 aromatic carbocycles. The van der Waals surface area contributed by atoms with Gasteiger partial charge in [-0.1, -0.05) is 6.07 Å². The van der Waals surface area contributed by atoms with Crippen molar-refractivity contribution < 1.29 is 34.5 Å². The summed E-state index contributed by atoms with van der Waals surface area (Å²) in [5.41, 5.74) is 5.87. The quantitative estimate of drug-likeness (QED) is 0.356. The molecule has 1 aliphatic rings. The van der Waals surface area contributed by atoms with Crippen LogP contribution in [-0.4, -0.2) is 39.0 Å². The molecule has 1 atom stereocenters. The number of aromatic hydroxyl groups is 2. The van der Waals surface area contributed by atoms with Crippen molar-refractivity contribution in [2.24, 2.45) is 5.73 Å². The topological polar surface area (TPSA) is 165 Å². The third-order valence-electron chi connectivity index (χ3n) is 3.38. The number of ether oxygens (including phenoxy) is 2. The van der Waals surface area contributed by atoms with Crippen molar-refractivity contribution in [3.63, 3.8) is 0 Å². The van der Waals surface area contributed by atoms with Crippen LogP contribution in [0.3, 0.4) is 0 Å². The Labute approximate surface area is 147 Å². The van der Waals surface area contributed by atoms with Crippen LogP contribution in [0.25, 0.3) is 0 Å². The average Bonchev–Trinajstić information content (AvgIpc) is 3.06. The fourth-order valence-electron chi connectivity index (χ4n) is 2.04. The predicted molar refractivity (Wildman–Crippen MR) is 88.3 cm³/mol. The van der Waals surface area contributed by atoms with Gasteiger partial charge in [-0.25, -0.2) is 0 Å². The number of hydrogen-bond donors (Lipinski definition) is 4. The summed E-state index contributed by atoms with van der Waals surface area (Å²) in [5, 5.41) is 36.9. The van der Waals surface area contributed by atoms with E-state index in [1.807, 2.05) is 0 Å². The molecule has 0 saturated carbocycles. The van der Waals surface area contributed by atoms with E-state index in [0.29, 0.717) is 17.1 Å². The highest BCUT2D eigenvalue weighted by molar-refractivity contribution is 5.73. The maximum Gasteiger partial charge on any atom is 0.320 e. The van der Waals surface area contributed by atoms with Crippen LogP contribution in [0.15, 0.2) is 36.4 Å². The molecule has 0 aromatic heterocycles. The van der Waals surface area contributed by atoms with Crippen molar-refractivity contribution in [2.45, 2.75) is 12.5 Å². The molecular weight excluding hydrogens is 348 g/mol. The second-order valence-corrected chi connectivity index (χ2v) is 5.27. The Hall–Kier alpha value is -3.53. The largest absolute Gasteiger partial charge is 0.504 e. The average molecular weight is 364 g/mol. The molecule has 10 heteroatoms. The maximum atomic E-state index is 10.4. The zero-order valence-electron chi connectivity index (χ0n) is 13.4. The van der Waals surface area contributed by atoms with Crippen LogP contribution >= 0.6 is 0 Å². The molecule has 5 N–H and O–H groups in total. The molecule has 1 heterocycles. The van der Waals surface area contributed by atoms with E-state index in [-0.39, 0.29) is 30.4 Å². The number of aliphatic carboxylic acids is 1. The molecule has 10 nitrogen and oxygen atoms in total. The van der Waals surface area contributed by atoms with Crippen LogP contribution in [0.2, 0.25) is 0 Å². The van der Waals surface area contributed by atoms with Crippen molar-refractivity contribution in [2.75, 3.05) is 6.79 Å². The van der Waals surface area contributed by atoms with E-state index in [0.717, 1.165) is 0 Å². The van der Waals surface area contributed by atoms with Gasteiger partial charge in [0.1, 0.15) is 6.04 Å². The number of nitro benzene ring substituents is 1. The molecule has 1 unspecified atom stereocenters. The van der Waals surface area contributed by atoms with E-state index >= 15 is 0 Å². The van der Waals surface area contributed by atoms with Crippen molar-refractivity contribution in [3.8, 4) is 23.0 Å². The van der Waals surface area contributed by atoms with Gasteiger partial charge in [0.05, 0.1) is 11.0 Å². The number of carboxylic acids is 1. The van der Waals surface area contributed by atoms with Gasteiger partial charge >= 0.3 is 5.97 Å². The number of rotatable bonds is 4. The van der Waals surface area contributed by atoms with Gasteiger partial charge in [0.15, 0.2) is 23.0 Å². The fraction of sp³-hybridized carbons (Fsp3) is 0.188. The molecule has 1 aliphatic heterocycles. The summed E-state index contributed by atoms with van der Waals surface area (Å²) in [7, 11) is 0. The van der Waals surface area contributed by atoms with Gasteiger partial charge in [0, 0.05) is 6.07 Å². The fourth-order valence-corrected chi connectivity index (χ4v) is 2.04. The lowest BCUT2D eigenvalue weighted by Crippen LogP contribution is -2.32. The molecule has 0 fully saturated rings. The summed E-state index contributed by atoms with van der Waals surface area (Å²) in [6, 6.07) is 7.35. The van der Waals surface area contributed by atoms with E-state index in [1.54, 1.807) is 0 Å². The maximum absolute atomic E-state index is 10.4. The second-order valence-electron chi connectivity index (χ2n) is 5.27. The Morgan fingerprint density at radius 2 is 1.85 bits per heavy atom. The van der Waals surface area contributed by atoms with Gasteiger partial charge < -0.3 is 30.5 Å². The molecule has 138 valence electrons. The van der Waals surface area contributed by atoms with Crippen molar-refractivity contribution in [3.05, 3.63) is 52.1 Å². The number of carboxylic acid groups (broad SMARTS) is 1. The molecule has 0 radical (unpaired) electrons. The Bertz CT molecular complexity index is 824. The lowest BCUT2D eigenvalue weighted by molar-refractivity contribution is -0.384. The van der Waals surface area contributed by atoms with Gasteiger partial charge in [-0.3, -0.25) is 14.9 Å². The van der Waals surface area contributed by atoms with Gasteiger partial charge in [0.2, 0.25) is 6.79 Å². The second kappa shape index (κ2) is 8.03. The Balaban J connectivity index is 0.000000189. The smallest absolute Gasteiger partial charge is 0.320 e. The standard InChI is InChI=1S/C9H11NO4.C7H5NO4/c10-6(9(13)14)3-5-1-2-7(11)8(12)4-5;9-8(10)5-1-2-6-7(3-5)12-4-11-6/h1-2,4,6,11-12H,3,10H2,(H,13,14);1-3H,4H2. The first-order chi connectivity index (χ1) is 12.3. The highest BCUT2D eigenvalue weighted by Gasteiger charge is 2.17. The van der Waals surface area contributed by atoms with Crippen molar-refractivity contribution in [1.29, 1.82) is 0 Å². The zero-order valence-corrected chi connectivity index (χ0v) is 13.4. The number of nitrogens with zero attached hydrogens (tertiary/aromatic N) is 1. The Morgan fingerprint density at radius 3 is 2.46 bits per heavy atom. The Kier molecular flexibility index (Phi) is 5.81. The first kappa shape index (κ1) is 18.8. The summed E-state index contributed by atoms with van der Waals surface area (Å²) in [6.07, 6.45) is 0.114. The van der Waals surface area contributed by atoms with Gasteiger partial charge in [0.25, 0.3) is 5.69 Å². The number of nitrogens with two attached hydrogens (primary N) is 1. The summed E-state index contributed by atoms with van der Waals surface area (Å²) in [6.45, 7) is 0.135. The minimum Gasteiger partial charge on any atom is -0.504 e. The molecule has 2 aromatic rings. The number of nitro groups is 1. The van der Waals surface area contributed by atoms with E-state index in [2.05, 4.69) is 0 Å². The van der Waals surface area contributed by atoms with Gasteiger partial charge in [-0.15, -0.1) is 0 Å². The normalized spacial score (nSPS) is 12.7. The van der Waals surface area contributed by atoms with Crippen LogP contribution in [-0.2, 0) is 11.2 Å². The van der Waals surface area contributed by atoms with Gasteiger partial charge in [-0.05, 0) is 30.2 Å². The van der Waals surface area contributed by atoms with E-state index in [9.17, 15) is 14.9 Å². The molecule has 0 bridgehead atoms. The first-order valence-electron chi connectivity index (χ1n) is 7.31. The zero-order chi connectivity index (χ0) is 19.3. The lowest BCUT2D eigenvalue weighted by Gasteiger charge is -2.06. The van der Waals surface area contributed by atoms with Gasteiger partial charge in [-0.2, -0.15) is 0 Å². The molecule has 0 spiro atoms. The molecule has 3 rings (SSSR count). The summed E-state index contributed by atoms with van der Waals surface area (Å²) < 4.78 is 9.95. The van der Waals surface area contributed by atoms with Crippen LogP contribution < -0.4 is 15.2 Å². The number of fused-ring (bicyclic) bond motifs is 1. The van der Waals surface area contributed by atoms with Crippen LogP contribution in [0, 0.1) is 10.1 Å². The summed E-state index contributed by atoms with van der Waals surface area (Å²) >= 11 is 0. The highest BCUT2D eigenvalue weighted by atomic mass is 16.7. The number of phenols is 2. The number of phenolic OH excluding ortho intramolecular Hbond substituents is 2. The van der Waals surface area contributed by atoms with Crippen molar-refractivity contribution in [1.82, 2.24) is 0 Å². The van der Waals surface area contributed by atoms with Crippen molar-refractivity contribution >= 4 is 11.7 Å². The number of non-ortho nitro benzene ring substituents is 1. The van der Waals surface area contributed by atoms with Crippen LogP contribution in [0.1, 0.15) is 5.56 Å². The minimum atomic E-state index is -1.10. The van der Waals surface area contributed by atoms with Crippen LogP contribution in [0.4, 0.5) is 5.69 Å². The number of carbonyl (C=O) groups is 1. The molecular formula is C16H16N2O8. The van der Waals surface area contributed by atoms with E-state index in [1.165, 1.54) is 36.4 Å². The summed E-state index contributed by atoms with van der Waals surface area (Å²) in [4.78, 5) is 20.3. The Morgan fingerprint density at radius 1 is 1.15 bits per heavy atom. The molecule has 0 aliphatic carbocycles. The molecule has 26 heavy (non-hydrogen) atoms. The SMILES string of the molecule is NC(Cc1ccc(O)c(O)c1)C(=O)O.O=[N+]([O-])c1ccc2c(c1)OCO2. The van der Waals surface area contributed by atoms with E-state index in [4.69, 9.17) is 30.5 Å². The monoisotopic (exact) mass is 364 g/mol. The predicted octanol–water partition coefficient (Wildman–Crippen LogP) is 1.38. The number of hydrogen-bond acceptors (Lipinski definition) is 8. The number of benzene rings is 2. The summed E-state index contributed by atoms with van der Waals surface area (Å²) in [5.74, 6) is -0.625. The third kappa shape index (κ3) is 4.74. The third-order valence-corrected chi connectivity index (χ3v) is 3.38. The molecule has 0 saturated heterocycles. The first-order valence-corrected chi connectivity index (χ1v) is 7.31. The lowest BCUT2D eigenvalue weighted by atomic mass is 10.1. The minimum absolute atomic E-state index is 0.0132. The highest BCUT2D eigenvalue weighted by Crippen LogP contribution is 2.34. The van der Waals surface area contributed by atoms with Crippen LogP contribution in [0.5, 0.6) is 23.0 Å².